The van der Waals surface area contributed by atoms with Gasteiger partial charge in [0.2, 0.25) is 0 Å². The number of carbonyl (C=O) groups is 1. The number of oxazole rings is 1. The molecule has 136 valence electrons. The van der Waals surface area contributed by atoms with Crippen molar-refractivity contribution >= 4 is 44.2 Å². The minimum Gasteiger partial charge on any atom is -0.407 e. The summed E-state index contributed by atoms with van der Waals surface area (Å²) in [5.74, 6) is -1.30. The predicted molar refractivity (Wildman–Crippen MR) is 98.5 cm³/mol. The number of nitro benzene ring substituents is 1. The fourth-order valence-electron chi connectivity index (χ4n) is 2.78. The summed E-state index contributed by atoms with van der Waals surface area (Å²) in [6, 6.07) is 11.5. The summed E-state index contributed by atoms with van der Waals surface area (Å²) >= 11 is 1.37. The maximum atomic E-state index is 12.4. The van der Waals surface area contributed by atoms with Gasteiger partial charge in [0, 0.05) is 13.1 Å². The van der Waals surface area contributed by atoms with Crippen molar-refractivity contribution in [1.29, 1.82) is 0 Å². The molecule has 0 aliphatic carbocycles. The maximum Gasteiger partial charge on any atom is 0.420 e. The molecule has 0 N–H and O–H groups in total. The van der Waals surface area contributed by atoms with Crippen molar-refractivity contribution in [2.45, 2.75) is 6.54 Å². The molecule has 0 radical (unpaired) electrons. The highest BCUT2D eigenvalue weighted by molar-refractivity contribution is 7.16. The first kappa shape index (κ1) is 16.9. The Labute approximate surface area is 154 Å². The van der Waals surface area contributed by atoms with Crippen molar-refractivity contribution in [3.8, 4) is 0 Å². The number of nitrogens with zero attached hydrogens (tertiary/aromatic N) is 4. The van der Waals surface area contributed by atoms with E-state index in [1.807, 2.05) is 31.3 Å². The molecule has 0 saturated carbocycles. The fourth-order valence-corrected chi connectivity index (χ4v) is 3.82. The number of amides is 1. The van der Waals surface area contributed by atoms with E-state index in [9.17, 15) is 19.7 Å². The van der Waals surface area contributed by atoms with E-state index in [0.29, 0.717) is 10.3 Å². The number of hydrogen-bond acceptors (Lipinski definition) is 6. The van der Waals surface area contributed by atoms with Crippen molar-refractivity contribution in [1.82, 2.24) is 9.13 Å². The van der Waals surface area contributed by atoms with Crippen molar-refractivity contribution in [2.24, 2.45) is 12.0 Å². The van der Waals surface area contributed by atoms with Gasteiger partial charge in [-0.25, -0.2) is 4.79 Å². The number of benzene rings is 2. The molecule has 0 spiro atoms. The first-order valence-corrected chi connectivity index (χ1v) is 8.65. The van der Waals surface area contributed by atoms with Gasteiger partial charge in [0.05, 0.1) is 26.7 Å². The summed E-state index contributed by atoms with van der Waals surface area (Å²) in [6.07, 6.45) is 0. The standard InChI is InChI=1S/C17H12N4O5S/c1-19-12-4-2-3-5-14(12)27-16(19)18-15(22)9-20-11-7-6-10(21(24)25)8-13(11)26-17(20)23/h2-8H,9H2,1H3. The Hall–Kier alpha value is -3.53. The highest BCUT2D eigenvalue weighted by atomic mass is 32.1. The molecule has 2 heterocycles. The number of nitro groups is 1. The number of non-ortho nitro benzene ring substituents is 1. The van der Waals surface area contributed by atoms with Gasteiger partial charge in [0.25, 0.3) is 11.6 Å². The normalized spacial score (nSPS) is 12.1. The van der Waals surface area contributed by atoms with E-state index in [4.69, 9.17) is 4.42 Å². The summed E-state index contributed by atoms with van der Waals surface area (Å²) in [5.41, 5.74) is 1.10. The summed E-state index contributed by atoms with van der Waals surface area (Å²) in [6.45, 7) is -0.322. The van der Waals surface area contributed by atoms with E-state index in [1.165, 1.54) is 23.5 Å². The van der Waals surface area contributed by atoms with E-state index >= 15 is 0 Å². The van der Waals surface area contributed by atoms with Crippen molar-refractivity contribution in [3.05, 3.63) is 67.9 Å². The molecule has 0 saturated heterocycles. The van der Waals surface area contributed by atoms with Gasteiger partial charge in [0.1, 0.15) is 6.54 Å². The number of aromatic nitrogens is 2. The molecular weight excluding hydrogens is 372 g/mol. The van der Waals surface area contributed by atoms with Crippen molar-refractivity contribution in [2.75, 3.05) is 0 Å². The quantitative estimate of drug-likeness (QED) is 0.397. The molecule has 0 bridgehead atoms. The molecule has 2 aromatic heterocycles. The molecule has 0 aliphatic heterocycles. The van der Waals surface area contributed by atoms with Crippen LogP contribution in [0.2, 0.25) is 0 Å². The zero-order valence-electron chi connectivity index (χ0n) is 14.0. The van der Waals surface area contributed by atoms with Gasteiger partial charge in [-0.05, 0) is 18.2 Å². The summed E-state index contributed by atoms with van der Waals surface area (Å²) in [4.78, 5) is 39.3. The van der Waals surface area contributed by atoms with Crippen LogP contribution in [0.25, 0.3) is 21.3 Å². The number of rotatable bonds is 3. The van der Waals surface area contributed by atoms with Crippen LogP contribution >= 0.6 is 11.3 Å². The van der Waals surface area contributed by atoms with E-state index in [1.54, 1.807) is 4.57 Å². The molecule has 10 heteroatoms. The second-order valence-corrected chi connectivity index (χ2v) is 6.79. The molecule has 0 aliphatic rings. The van der Waals surface area contributed by atoms with E-state index in [2.05, 4.69) is 4.99 Å². The molecule has 4 rings (SSSR count). The van der Waals surface area contributed by atoms with Crippen molar-refractivity contribution < 1.29 is 14.1 Å². The second kappa shape index (κ2) is 6.32. The molecule has 1 amide bonds. The minimum atomic E-state index is -0.769. The molecule has 2 aromatic carbocycles. The Balaban J connectivity index is 1.72. The lowest BCUT2D eigenvalue weighted by atomic mass is 10.3. The average Bonchev–Trinajstić information content (AvgIpc) is 3.12. The lowest BCUT2D eigenvalue weighted by Gasteiger charge is -1.98. The van der Waals surface area contributed by atoms with Gasteiger partial charge >= 0.3 is 5.76 Å². The van der Waals surface area contributed by atoms with Gasteiger partial charge < -0.3 is 8.98 Å². The topological polar surface area (TPSA) is 113 Å². The number of thiazole rings is 1. The maximum absolute atomic E-state index is 12.4. The van der Waals surface area contributed by atoms with Crippen LogP contribution in [-0.2, 0) is 18.4 Å². The molecule has 27 heavy (non-hydrogen) atoms. The van der Waals surface area contributed by atoms with Crippen LogP contribution < -0.4 is 10.6 Å². The summed E-state index contributed by atoms with van der Waals surface area (Å²) in [5, 5.41) is 10.8. The van der Waals surface area contributed by atoms with Crippen LogP contribution in [0.1, 0.15) is 0 Å². The fraction of sp³-hybridized carbons (Fsp3) is 0.118. The van der Waals surface area contributed by atoms with Crippen LogP contribution in [0.5, 0.6) is 0 Å². The smallest absolute Gasteiger partial charge is 0.407 e. The number of carbonyl (C=O) groups excluding carboxylic acids is 1. The van der Waals surface area contributed by atoms with Gasteiger partial charge in [-0.2, -0.15) is 4.99 Å². The third-order valence-electron chi connectivity index (χ3n) is 4.09. The van der Waals surface area contributed by atoms with Gasteiger partial charge in [-0.3, -0.25) is 19.5 Å². The average molecular weight is 384 g/mol. The zero-order chi connectivity index (χ0) is 19.1. The molecular formula is C17H12N4O5S. The molecule has 9 nitrogen and oxygen atoms in total. The Kier molecular flexibility index (Phi) is 3.96. The van der Waals surface area contributed by atoms with E-state index in [0.717, 1.165) is 20.9 Å². The highest BCUT2D eigenvalue weighted by Gasteiger charge is 2.16. The zero-order valence-corrected chi connectivity index (χ0v) is 14.8. The highest BCUT2D eigenvalue weighted by Crippen LogP contribution is 2.20. The SMILES string of the molecule is Cn1c(=NC(=O)Cn2c(=O)oc3cc([N+](=O)[O-])ccc32)sc2ccccc21. The van der Waals surface area contributed by atoms with Crippen molar-refractivity contribution in [3.63, 3.8) is 0 Å². The van der Waals surface area contributed by atoms with Gasteiger partial charge in [0.15, 0.2) is 10.4 Å². The Morgan fingerprint density at radius 1 is 1.26 bits per heavy atom. The number of aryl methyl sites for hydroxylation is 1. The third-order valence-corrected chi connectivity index (χ3v) is 5.20. The lowest BCUT2D eigenvalue weighted by Crippen LogP contribution is -2.21. The van der Waals surface area contributed by atoms with Crippen LogP contribution in [0.3, 0.4) is 0 Å². The Morgan fingerprint density at radius 2 is 2.04 bits per heavy atom. The van der Waals surface area contributed by atoms with Crippen LogP contribution in [0.15, 0.2) is 56.7 Å². The molecule has 0 fully saturated rings. The van der Waals surface area contributed by atoms with Crippen LogP contribution in [0.4, 0.5) is 5.69 Å². The summed E-state index contributed by atoms with van der Waals surface area (Å²) < 4.78 is 8.92. The van der Waals surface area contributed by atoms with Gasteiger partial charge in [-0.1, -0.05) is 23.5 Å². The summed E-state index contributed by atoms with van der Waals surface area (Å²) in [7, 11) is 1.81. The first-order valence-electron chi connectivity index (χ1n) is 7.84. The van der Waals surface area contributed by atoms with E-state index in [-0.39, 0.29) is 17.8 Å². The molecule has 0 atom stereocenters. The second-order valence-electron chi connectivity index (χ2n) is 5.78. The largest absolute Gasteiger partial charge is 0.420 e. The number of hydrogen-bond donors (Lipinski definition) is 0. The minimum absolute atomic E-state index is 0.0504. The van der Waals surface area contributed by atoms with Gasteiger partial charge in [-0.15, -0.1) is 0 Å². The Bertz CT molecular complexity index is 1340. The monoisotopic (exact) mass is 384 g/mol. The van der Waals surface area contributed by atoms with Crippen LogP contribution in [0, 0.1) is 10.1 Å². The third kappa shape index (κ3) is 2.95. The predicted octanol–water partition coefficient (Wildman–Crippen LogP) is 2.18. The first-order chi connectivity index (χ1) is 12.9. The van der Waals surface area contributed by atoms with E-state index < -0.39 is 16.6 Å². The molecule has 4 aromatic rings. The molecule has 0 unspecified atom stereocenters. The lowest BCUT2D eigenvalue weighted by molar-refractivity contribution is -0.384. The number of para-hydroxylation sites is 1. The Morgan fingerprint density at radius 3 is 2.78 bits per heavy atom. The number of fused-ring (bicyclic) bond motifs is 2. The van der Waals surface area contributed by atoms with Crippen LogP contribution in [-0.4, -0.2) is 20.0 Å².